The molecule has 0 aromatic rings. The Morgan fingerprint density at radius 3 is 1.69 bits per heavy atom. The van der Waals surface area contributed by atoms with E-state index in [1.54, 1.807) is 0 Å². The van der Waals surface area contributed by atoms with Crippen LogP contribution in [0.15, 0.2) is 0 Å². The summed E-state index contributed by atoms with van der Waals surface area (Å²) in [6.07, 6.45) is 1.14. The summed E-state index contributed by atoms with van der Waals surface area (Å²) in [5.41, 5.74) is 0. The van der Waals surface area contributed by atoms with Crippen molar-refractivity contribution >= 4 is 40.1 Å². The van der Waals surface area contributed by atoms with Gasteiger partial charge in [0.2, 0.25) is 21.8 Å². The molecule has 0 aromatic heterocycles. The number of hydrogen-bond donors (Lipinski definition) is 2. The summed E-state index contributed by atoms with van der Waals surface area (Å²) in [6, 6.07) is 0. The predicted octanol–water partition coefficient (Wildman–Crippen LogP) is -1.30. The lowest BCUT2D eigenvalue weighted by atomic mass is 10.4. The van der Waals surface area contributed by atoms with Crippen LogP contribution in [0.2, 0.25) is 0 Å². The normalized spacial score (nSPS) is 15.5. The Hall–Kier alpha value is -0.340. The molecule has 1 aliphatic carbocycles. The first kappa shape index (κ1) is 12.7. The Kier molecular flexibility index (Phi) is 4.65. The third-order valence-corrected chi connectivity index (χ3v) is 3.32. The van der Waals surface area contributed by atoms with E-state index in [1.807, 2.05) is 0 Å². The van der Waals surface area contributed by atoms with E-state index in [2.05, 4.69) is 0 Å². The summed E-state index contributed by atoms with van der Waals surface area (Å²) in [5, 5.41) is 0. The van der Waals surface area contributed by atoms with Crippen LogP contribution in [0.25, 0.3) is 0 Å². The minimum absolute atomic E-state index is 0. The highest BCUT2D eigenvalue weighted by Crippen LogP contribution is 2.30. The molecule has 0 radical (unpaired) electrons. The maximum Gasteiger partial charge on any atom is 0.252 e. The lowest BCUT2D eigenvalue weighted by Crippen LogP contribution is -2.29. The molecule has 6 nitrogen and oxygen atoms in total. The molecule has 0 N–H and O–H groups in total. The molecule has 0 bridgehead atoms. The largest absolute Gasteiger partial charge is 0.272 e. The first-order valence-corrected chi connectivity index (χ1v) is 5.42. The minimum Gasteiger partial charge on any atom is -0.272 e. The van der Waals surface area contributed by atoms with Crippen LogP contribution in [0.5, 0.6) is 0 Å². The molecule has 0 aromatic carbocycles. The summed E-state index contributed by atoms with van der Waals surface area (Å²) in [7, 11) is -6.70. The Bertz CT molecular complexity index is 306. The van der Waals surface area contributed by atoms with Gasteiger partial charge in [0, 0.05) is 5.92 Å². The standard InChI is InChI=1S/C4H7NO5S2.ClH/c6-4(3-1-2-3)5(11(7)8)12(9)10;/h3,11-12H,1-2H2;1H. The van der Waals surface area contributed by atoms with Crippen LogP contribution in [0.3, 0.4) is 0 Å². The van der Waals surface area contributed by atoms with Crippen LogP contribution >= 0.6 is 12.4 Å². The van der Waals surface area contributed by atoms with E-state index in [-0.39, 0.29) is 16.1 Å². The van der Waals surface area contributed by atoms with Gasteiger partial charge in [-0.2, -0.15) is 0 Å². The summed E-state index contributed by atoms with van der Waals surface area (Å²) in [6.45, 7) is 0. The van der Waals surface area contributed by atoms with Crippen LogP contribution in [0.1, 0.15) is 12.8 Å². The van der Waals surface area contributed by atoms with Gasteiger partial charge in [-0.1, -0.05) is 0 Å². The van der Waals surface area contributed by atoms with Crippen LogP contribution in [0.4, 0.5) is 0 Å². The first-order chi connectivity index (χ1) is 5.54. The molecular weight excluding hydrogens is 242 g/mol. The highest BCUT2D eigenvalue weighted by atomic mass is 35.5. The molecule has 1 amide bonds. The van der Waals surface area contributed by atoms with E-state index >= 15 is 0 Å². The zero-order valence-corrected chi connectivity index (χ0v) is 8.89. The van der Waals surface area contributed by atoms with Gasteiger partial charge in [0.15, 0.2) is 0 Å². The van der Waals surface area contributed by atoms with Crippen molar-refractivity contribution in [3.63, 3.8) is 0 Å². The van der Waals surface area contributed by atoms with Gasteiger partial charge in [0.25, 0.3) is 5.91 Å². The van der Waals surface area contributed by atoms with Crippen LogP contribution < -0.4 is 0 Å². The minimum atomic E-state index is -3.35. The number of thiol groups is 2. The molecule has 13 heavy (non-hydrogen) atoms. The van der Waals surface area contributed by atoms with Crippen LogP contribution in [0, 0.1) is 5.92 Å². The van der Waals surface area contributed by atoms with Gasteiger partial charge >= 0.3 is 0 Å². The molecule has 1 fully saturated rings. The fourth-order valence-electron chi connectivity index (χ4n) is 0.714. The van der Waals surface area contributed by atoms with E-state index in [9.17, 15) is 21.6 Å². The second kappa shape index (κ2) is 4.77. The number of hydrogen-bond acceptors (Lipinski definition) is 5. The smallest absolute Gasteiger partial charge is 0.252 e. The van der Waals surface area contributed by atoms with Gasteiger partial charge in [-0.3, -0.25) is 4.79 Å². The number of rotatable bonds is 3. The Labute approximate surface area is 84.5 Å². The molecule has 1 saturated carbocycles. The van der Waals surface area contributed by atoms with Gasteiger partial charge in [0.05, 0.1) is 0 Å². The van der Waals surface area contributed by atoms with E-state index in [0.717, 1.165) is 0 Å². The van der Waals surface area contributed by atoms with Crippen molar-refractivity contribution in [1.82, 2.24) is 3.71 Å². The lowest BCUT2D eigenvalue weighted by Gasteiger charge is -2.04. The lowest BCUT2D eigenvalue weighted by molar-refractivity contribution is -0.124. The maximum atomic E-state index is 10.9. The Morgan fingerprint density at radius 1 is 1.08 bits per heavy atom. The first-order valence-electron chi connectivity index (χ1n) is 3.16. The second-order valence-corrected chi connectivity index (χ2v) is 4.44. The summed E-state index contributed by atoms with van der Waals surface area (Å²) in [4.78, 5) is 10.9. The van der Waals surface area contributed by atoms with E-state index in [0.29, 0.717) is 12.8 Å². The molecule has 1 rings (SSSR count). The number of carbonyl (C=O) groups excluding carboxylic acids is 1. The number of nitrogens with zero attached hydrogens (tertiary/aromatic N) is 1. The average Bonchev–Trinajstić information content (AvgIpc) is 2.64. The molecule has 0 aliphatic heterocycles. The van der Waals surface area contributed by atoms with Crippen molar-refractivity contribution < 1.29 is 21.6 Å². The summed E-state index contributed by atoms with van der Waals surface area (Å²) < 4.78 is 41.0. The zero-order chi connectivity index (χ0) is 9.30. The van der Waals surface area contributed by atoms with Gasteiger partial charge in [-0.25, -0.2) is 16.8 Å². The molecule has 0 unspecified atom stereocenters. The molecular formula is C4H8ClNO5S2. The number of carbonyl (C=O) groups is 1. The quantitative estimate of drug-likeness (QED) is 0.607. The summed E-state index contributed by atoms with van der Waals surface area (Å²) in [5.74, 6) is -1.24. The molecule has 0 heterocycles. The van der Waals surface area contributed by atoms with Gasteiger partial charge in [-0.05, 0) is 12.8 Å². The third-order valence-electron chi connectivity index (χ3n) is 1.43. The number of halogens is 1. The van der Waals surface area contributed by atoms with Crippen LogP contribution in [-0.2, 0) is 26.6 Å². The summed E-state index contributed by atoms with van der Waals surface area (Å²) >= 11 is 0. The fourth-order valence-corrected chi connectivity index (χ4v) is 1.84. The molecule has 78 valence electrons. The maximum absolute atomic E-state index is 10.9. The average molecular weight is 250 g/mol. The van der Waals surface area contributed by atoms with E-state index in [1.165, 1.54) is 0 Å². The SMILES string of the molecule is Cl.O=C(C1CC1)N([SH](=O)=O)[SH](=O)=O. The highest BCUT2D eigenvalue weighted by Gasteiger charge is 2.35. The Morgan fingerprint density at radius 2 is 1.46 bits per heavy atom. The third kappa shape index (κ3) is 3.12. The van der Waals surface area contributed by atoms with Gasteiger partial charge in [-0.15, -0.1) is 16.1 Å². The fraction of sp³-hybridized carbons (Fsp3) is 0.750. The second-order valence-electron chi connectivity index (χ2n) is 2.38. The number of amides is 1. The van der Waals surface area contributed by atoms with Crippen molar-refractivity contribution in [2.75, 3.05) is 0 Å². The van der Waals surface area contributed by atoms with Crippen molar-refractivity contribution in [2.45, 2.75) is 12.8 Å². The molecule has 0 atom stereocenters. The highest BCUT2D eigenvalue weighted by molar-refractivity contribution is 7.86. The molecule has 1 aliphatic rings. The van der Waals surface area contributed by atoms with E-state index < -0.39 is 33.6 Å². The van der Waals surface area contributed by atoms with Crippen LogP contribution in [-0.4, -0.2) is 26.5 Å². The van der Waals surface area contributed by atoms with Crippen molar-refractivity contribution in [2.24, 2.45) is 5.92 Å². The molecule has 0 saturated heterocycles. The monoisotopic (exact) mass is 249 g/mol. The Balaban J connectivity index is 0.00000144. The molecule has 9 heteroatoms. The van der Waals surface area contributed by atoms with Gasteiger partial charge < -0.3 is 0 Å². The predicted molar refractivity (Wildman–Crippen MR) is 47.4 cm³/mol. The molecule has 0 spiro atoms. The van der Waals surface area contributed by atoms with E-state index in [4.69, 9.17) is 0 Å². The van der Waals surface area contributed by atoms with Crippen molar-refractivity contribution in [3.05, 3.63) is 0 Å². The van der Waals surface area contributed by atoms with Gasteiger partial charge in [0.1, 0.15) is 0 Å². The zero-order valence-electron chi connectivity index (χ0n) is 6.28. The topological polar surface area (TPSA) is 88.6 Å². The van der Waals surface area contributed by atoms with Crippen molar-refractivity contribution in [1.29, 1.82) is 0 Å². The van der Waals surface area contributed by atoms with Crippen molar-refractivity contribution in [3.8, 4) is 0 Å².